The maximum absolute atomic E-state index is 11.7. The molecular weight excluding hydrogens is 508 g/mol. The van der Waals surface area contributed by atoms with Crippen molar-refractivity contribution in [1.82, 2.24) is 0 Å². The molecule has 10 heteroatoms. The van der Waals surface area contributed by atoms with Gasteiger partial charge >= 0.3 is 5.97 Å². The molecule has 39 heavy (non-hydrogen) atoms. The normalized spacial score (nSPS) is 16.8. The third-order valence-corrected chi connectivity index (χ3v) is 5.26. The highest BCUT2D eigenvalue weighted by atomic mass is 16.6. The quantitative estimate of drug-likeness (QED) is 0.419. The summed E-state index contributed by atoms with van der Waals surface area (Å²) < 4.78 is 51.0. The number of benzene rings is 2. The highest BCUT2D eigenvalue weighted by Gasteiger charge is 2.10. The van der Waals surface area contributed by atoms with Crippen molar-refractivity contribution < 1.29 is 47.4 Å². The summed E-state index contributed by atoms with van der Waals surface area (Å²) in [5.74, 6) is 1.95. The van der Waals surface area contributed by atoms with E-state index in [4.69, 9.17) is 42.6 Å². The molecule has 1 aliphatic rings. The van der Waals surface area contributed by atoms with Crippen LogP contribution in [0.3, 0.4) is 0 Å². The Morgan fingerprint density at radius 1 is 0.641 bits per heavy atom. The predicted octanol–water partition coefficient (Wildman–Crippen LogP) is 3.60. The van der Waals surface area contributed by atoms with E-state index in [9.17, 15) is 4.79 Å². The lowest BCUT2D eigenvalue weighted by Crippen LogP contribution is -2.15. The molecule has 0 radical (unpaired) electrons. The van der Waals surface area contributed by atoms with Crippen LogP contribution in [0.2, 0.25) is 0 Å². The second-order valence-corrected chi connectivity index (χ2v) is 8.43. The number of carbonyl (C=O) groups excluding carboxylic acids is 1. The van der Waals surface area contributed by atoms with Gasteiger partial charge in [-0.3, -0.25) is 0 Å². The summed E-state index contributed by atoms with van der Waals surface area (Å²) in [6.07, 6.45) is 0. The highest BCUT2D eigenvalue weighted by Crippen LogP contribution is 2.29. The molecule has 3 rings (SSSR count). The Hall–Kier alpha value is -3.31. The Kier molecular flexibility index (Phi) is 14.0. The summed E-state index contributed by atoms with van der Waals surface area (Å²) in [6.45, 7) is 10.00. The van der Waals surface area contributed by atoms with Crippen molar-refractivity contribution in [3.63, 3.8) is 0 Å². The Bertz CT molecular complexity index is 1010. The topological polar surface area (TPSA) is 100 Å². The first-order valence-electron chi connectivity index (χ1n) is 13.0. The van der Waals surface area contributed by atoms with E-state index < -0.39 is 5.97 Å². The van der Waals surface area contributed by atoms with Crippen molar-refractivity contribution >= 4 is 5.97 Å². The first kappa shape index (κ1) is 30.2. The smallest absolute Gasteiger partial charge is 0.333 e. The molecule has 0 unspecified atom stereocenters. The molecule has 0 aromatic heterocycles. The molecule has 214 valence electrons. The van der Waals surface area contributed by atoms with Gasteiger partial charge in [0, 0.05) is 5.57 Å². The fourth-order valence-corrected chi connectivity index (χ4v) is 3.32. The van der Waals surface area contributed by atoms with Crippen molar-refractivity contribution in [2.24, 2.45) is 0 Å². The average molecular weight is 547 g/mol. The number of hydrogen-bond donors (Lipinski definition) is 0. The van der Waals surface area contributed by atoms with Crippen LogP contribution >= 0.6 is 0 Å². The second kappa shape index (κ2) is 18.1. The lowest BCUT2D eigenvalue weighted by atomic mass is 10.2. The van der Waals surface area contributed by atoms with Gasteiger partial charge in [-0.1, -0.05) is 24.8 Å². The molecule has 0 spiro atoms. The molecule has 0 atom stereocenters. The Balaban J connectivity index is 1.51. The fourth-order valence-electron chi connectivity index (χ4n) is 3.32. The predicted molar refractivity (Wildman–Crippen MR) is 143 cm³/mol. The fraction of sp³-hybridized carbons (Fsp3) is 0.483. The van der Waals surface area contributed by atoms with Crippen molar-refractivity contribution in [2.45, 2.75) is 13.5 Å². The van der Waals surface area contributed by atoms with E-state index in [0.717, 1.165) is 5.56 Å². The average Bonchev–Trinajstić information content (AvgIpc) is 2.94. The van der Waals surface area contributed by atoms with Gasteiger partial charge in [-0.25, -0.2) is 4.79 Å². The van der Waals surface area contributed by atoms with Crippen LogP contribution in [0.5, 0.6) is 23.0 Å². The number of ether oxygens (including phenoxy) is 9. The van der Waals surface area contributed by atoms with Crippen LogP contribution in [0.25, 0.3) is 0 Å². The lowest BCUT2D eigenvalue weighted by molar-refractivity contribution is -0.140. The molecule has 0 fully saturated rings. The van der Waals surface area contributed by atoms with Gasteiger partial charge in [-0.05, 0) is 36.8 Å². The minimum Gasteiger partial charge on any atom is -0.487 e. The van der Waals surface area contributed by atoms with Gasteiger partial charge in [-0.2, -0.15) is 0 Å². The van der Waals surface area contributed by atoms with Crippen molar-refractivity contribution in [3.05, 3.63) is 60.2 Å². The molecule has 0 N–H and O–H groups in total. The summed E-state index contributed by atoms with van der Waals surface area (Å²) in [7, 11) is 0. The van der Waals surface area contributed by atoms with Crippen LogP contribution in [-0.4, -0.2) is 85.3 Å². The molecule has 2 aromatic carbocycles. The largest absolute Gasteiger partial charge is 0.487 e. The highest BCUT2D eigenvalue weighted by molar-refractivity contribution is 5.86. The molecule has 0 bridgehead atoms. The minimum absolute atomic E-state index is 0.0968. The second-order valence-electron chi connectivity index (χ2n) is 8.43. The van der Waals surface area contributed by atoms with E-state index in [-0.39, 0.29) is 6.61 Å². The van der Waals surface area contributed by atoms with Crippen LogP contribution in [0.4, 0.5) is 0 Å². The van der Waals surface area contributed by atoms with E-state index in [2.05, 4.69) is 6.58 Å². The maximum atomic E-state index is 11.7. The lowest BCUT2D eigenvalue weighted by Gasteiger charge is -2.15. The van der Waals surface area contributed by atoms with Gasteiger partial charge in [0.1, 0.15) is 33.0 Å². The summed E-state index contributed by atoms with van der Waals surface area (Å²) in [5, 5.41) is 0. The number of carbonyl (C=O) groups is 1. The van der Waals surface area contributed by atoms with E-state index in [0.29, 0.717) is 108 Å². The summed E-state index contributed by atoms with van der Waals surface area (Å²) >= 11 is 0. The van der Waals surface area contributed by atoms with Crippen LogP contribution < -0.4 is 18.9 Å². The molecular formula is C29H38O10. The maximum Gasteiger partial charge on any atom is 0.333 e. The zero-order valence-electron chi connectivity index (χ0n) is 22.5. The molecule has 0 saturated heterocycles. The van der Waals surface area contributed by atoms with Crippen LogP contribution in [0.1, 0.15) is 12.5 Å². The zero-order chi connectivity index (χ0) is 27.5. The monoisotopic (exact) mass is 546 g/mol. The molecule has 0 aliphatic carbocycles. The Labute approximate surface area is 229 Å². The van der Waals surface area contributed by atoms with Gasteiger partial charge in [0.05, 0.1) is 52.9 Å². The van der Waals surface area contributed by atoms with Crippen LogP contribution in [0.15, 0.2) is 54.6 Å². The first-order valence-corrected chi connectivity index (χ1v) is 13.0. The Morgan fingerprint density at radius 3 is 1.51 bits per heavy atom. The molecule has 0 saturated carbocycles. The van der Waals surface area contributed by atoms with Gasteiger partial charge in [-0.15, -0.1) is 0 Å². The van der Waals surface area contributed by atoms with Gasteiger partial charge in [0.15, 0.2) is 23.0 Å². The summed E-state index contributed by atoms with van der Waals surface area (Å²) in [5.41, 5.74) is 1.10. The van der Waals surface area contributed by atoms with Crippen molar-refractivity contribution in [3.8, 4) is 23.0 Å². The van der Waals surface area contributed by atoms with E-state index in [1.807, 2.05) is 30.3 Å². The molecule has 1 heterocycles. The number of para-hydroxylation sites is 2. The number of esters is 1. The SMILES string of the molecule is C=C(C)C(=O)OCc1ccc2c(c1)OCCOCCOCCOc1ccccc1OCCOCCOCCO2. The van der Waals surface area contributed by atoms with E-state index in [1.165, 1.54) is 0 Å². The van der Waals surface area contributed by atoms with E-state index in [1.54, 1.807) is 19.1 Å². The minimum atomic E-state index is -0.449. The standard InChI is InChI=1S/C29H38O10/c1-23(2)29(30)39-22-24-7-8-27-28(21-24)38-20-16-34-12-11-32-14-18-36-26-6-4-3-5-25(26)35-17-13-31-9-10-33-15-19-37-27/h3-8,21H,1,9-20,22H2,2H3. The van der Waals surface area contributed by atoms with Gasteiger partial charge in [0.25, 0.3) is 0 Å². The number of hydrogen-bond acceptors (Lipinski definition) is 10. The number of fused-ring (bicyclic) bond motifs is 2. The van der Waals surface area contributed by atoms with Crippen LogP contribution in [-0.2, 0) is 35.1 Å². The van der Waals surface area contributed by atoms with E-state index >= 15 is 0 Å². The third kappa shape index (κ3) is 12.0. The Morgan fingerprint density at radius 2 is 1.05 bits per heavy atom. The molecule has 10 nitrogen and oxygen atoms in total. The van der Waals surface area contributed by atoms with Crippen LogP contribution in [0, 0.1) is 0 Å². The van der Waals surface area contributed by atoms with Gasteiger partial charge < -0.3 is 42.6 Å². The molecule has 0 amide bonds. The summed E-state index contributed by atoms with van der Waals surface area (Å²) in [4.78, 5) is 11.7. The molecule has 2 aromatic rings. The first-order chi connectivity index (χ1) is 19.1. The third-order valence-electron chi connectivity index (χ3n) is 5.26. The zero-order valence-corrected chi connectivity index (χ0v) is 22.5. The summed E-state index contributed by atoms with van der Waals surface area (Å²) in [6, 6.07) is 12.9. The van der Waals surface area contributed by atoms with Crippen molar-refractivity contribution in [2.75, 3.05) is 79.3 Å². The van der Waals surface area contributed by atoms with Crippen molar-refractivity contribution in [1.29, 1.82) is 0 Å². The molecule has 1 aliphatic heterocycles. The number of rotatable bonds is 3. The van der Waals surface area contributed by atoms with Gasteiger partial charge in [0.2, 0.25) is 0 Å².